The maximum Gasteiger partial charge on any atom is 0.285 e. The van der Waals surface area contributed by atoms with Crippen molar-refractivity contribution in [3.8, 4) is 23.0 Å². The van der Waals surface area contributed by atoms with Crippen molar-refractivity contribution in [2.24, 2.45) is 0 Å². The second-order valence-electron chi connectivity index (χ2n) is 6.86. The van der Waals surface area contributed by atoms with E-state index in [1.807, 2.05) is 0 Å². The molecule has 14 heteroatoms. The number of hydrogen-bond donors (Lipinski definition) is 0. The van der Waals surface area contributed by atoms with E-state index in [1.165, 1.54) is 14.2 Å². The number of carbonyl (C=O) groups is 2. The average molecular weight is 531 g/mol. The molecule has 0 aliphatic heterocycles. The van der Waals surface area contributed by atoms with E-state index < -0.39 is 31.7 Å². The molecule has 0 aliphatic rings. The molecule has 0 saturated heterocycles. The van der Waals surface area contributed by atoms with E-state index in [2.05, 4.69) is 0 Å². The Morgan fingerprint density at radius 3 is 1.37 bits per heavy atom. The van der Waals surface area contributed by atoms with Gasteiger partial charge in [-0.2, -0.15) is 0 Å². The van der Waals surface area contributed by atoms with Crippen LogP contribution in [0.25, 0.3) is 0 Å². The molecular weight excluding hydrogens is 511 g/mol. The van der Waals surface area contributed by atoms with Crippen LogP contribution in [0.1, 0.15) is 40.0 Å². The van der Waals surface area contributed by atoms with Gasteiger partial charge in [0, 0.05) is 12.1 Å². The molecule has 0 bridgehead atoms. The first-order chi connectivity index (χ1) is 16.6. The molecule has 2 aromatic rings. The zero-order valence-corrected chi connectivity index (χ0v) is 20.1. The fourth-order valence-corrected chi connectivity index (χ4v) is 3.31. The number of halogens is 2. The smallest absolute Gasteiger partial charge is 0.285 e. The average Bonchev–Trinajstić information content (AvgIpc) is 2.81. The van der Waals surface area contributed by atoms with Gasteiger partial charge in [-0.15, -0.1) is 0 Å². The SMILES string of the molecule is COc1cc(C(=O)Cl)c([N+](=O)[O-])cc1OCCCCCOc1cc([N+](=O)[O-])c(C(=O)Cl)cc1OC. The Morgan fingerprint density at radius 2 is 1.09 bits per heavy atom. The van der Waals surface area contributed by atoms with E-state index in [4.69, 9.17) is 42.1 Å². The minimum absolute atomic E-state index is 0.0862. The maximum absolute atomic E-state index is 11.4. The van der Waals surface area contributed by atoms with Crippen molar-refractivity contribution in [2.45, 2.75) is 19.3 Å². The van der Waals surface area contributed by atoms with Crippen LogP contribution in [0.3, 0.4) is 0 Å². The second kappa shape index (κ2) is 12.7. The summed E-state index contributed by atoms with van der Waals surface area (Å²) >= 11 is 10.8. The van der Waals surface area contributed by atoms with Gasteiger partial charge in [-0.1, -0.05) is 0 Å². The normalized spacial score (nSPS) is 10.4. The highest BCUT2D eigenvalue weighted by atomic mass is 35.5. The van der Waals surface area contributed by atoms with Gasteiger partial charge in [0.25, 0.3) is 21.9 Å². The summed E-state index contributed by atoms with van der Waals surface area (Å²) in [5, 5.41) is 20.4. The van der Waals surface area contributed by atoms with Crippen LogP contribution in [0.4, 0.5) is 11.4 Å². The van der Waals surface area contributed by atoms with Crippen molar-refractivity contribution < 1.29 is 38.4 Å². The molecule has 2 aromatic carbocycles. The molecule has 0 saturated carbocycles. The molecule has 0 N–H and O–H groups in total. The molecular formula is C21H20Cl2N2O10. The summed E-state index contributed by atoms with van der Waals surface area (Å²) in [5.74, 6) is 0.414. The monoisotopic (exact) mass is 530 g/mol. The summed E-state index contributed by atoms with van der Waals surface area (Å²) in [6, 6.07) is 4.44. The minimum atomic E-state index is -0.993. The van der Waals surface area contributed by atoms with Crippen molar-refractivity contribution in [3.05, 3.63) is 55.6 Å². The number of rotatable bonds is 14. The van der Waals surface area contributed by atoms with Gasteiger partial charge in [0.05, 0.1) is 49.4 Å². The van der Waals surface area contributed by atoms with Gasteiger partial charge in [-0.05, 0) is 42.5 Å². The third kappa shape index (κ3) is 7.17. The number of ether oxygens (including phenoxy) is 4. The molecule has 0 spiro atoms. The molecule has 0 aliphatic carbocycles. The lowest BCUT2D eigenvalue weighted by atomic mass is 10.1. The predicted octanol–water partition coefficient (Wildman–Crippen LogP) is 4.91. The first kappa shape index (κ1) is 27.6. The van der Waals surface area contributed by atoms with Crippen molar-refractivity contribution in [3.63, 3.8) is 0 Å². The summed E-state index contributed by atoms with van der Waals surface area (Å²) < 4.78 is 21.4. The van der Waals surface area contributed by atoms with Gasteiger partial charge < -0.3 is 18.9 Å². The maximum atomic E-state index is 11.4. The standard InChI is InChI=1S/C21H20Cl2N2O10/c1-32-16-8-12(20(22)26)14(24(28)29)10-18(16)34-6-4-3-5-7-35-19-11-15(25(30)31)13(21(23)27)9-17(19)33-2/h8-11H,3-7H2,1-2H3. The molecule has 0 amide bonds. The van der Waals surface area contributed by atoms with Gasteiger partial charge >= 0.3 is 0 Å². The molecule has 0 atom stereocenters. The highest BCUT2D eigenvalue weighted by Crippen LogP contribution is 2.37. The van der Waals surface area contributed by atoms with E-state index >= 15 is 0 Å². The summed E-state index contributed by atoms with van der Waals surface area (Å²) in [5.41, 5.74) is -1.62. The van der Waals surface area contributed by atoms with Gasteiger partial charge in [0.1, 0.15) is 11.1 Å². The number of methoxy groups -OCH3 is 2. The zero-order chi connectivity index (χ0) is 26.1. The Morgan fingerprint density at radius 1 is 0.714 bits per heavy atom. The van der Waals surface area contributed by atoms with Crippen molar-refractivity contribution in [1.29, 1.82) is 0 Å². The van der Waals surface area contributed by atoms with Crippen LogP contribution in [-0.4, -0.2) is 47.8 Å². The summed E-state index contributed by atoms with van der Waals surface area (Å²) in [4.78, 5) is 43.8. The van der Waals surface area contributed by atoms with E-state index in [9.17, 15) is 29.8 Å². The quantitative estimate of drug-likeness (QED) is 0.142. The molecule has 35 heavy (non-hydrogen) atoms. The number of benzene rings is 2. The van der Waals surface area contributed by atoms with E-state index in [-0.39, 0.29) is 47.3 Å². The van der Waals surface area contributed by atoms with Gasteiger partial charge in [-0.3, -0.25) is 29.8 Å². The summed E-state index contributed by atoms with van der Waals surface area (Å²) in [7, 11) is 2.64. The first-order valence-electron chi connectivity index (χ1n) is 9.98. The molecule has 2 rings (SSSR count). The van der Waals surface area contributed by atoms with Crippen LogP contribution < -0.4 is 18.9 Å². The van der Waals surface area contributed by atoms with E-state index in [0.717, 1.165) is 24.3 Å². The van der Waals surface area contributed by atoms with Crippen LogP contribution in [0.5, 0.6) is 23.0 Å². The Balaban J connectivity index is 1.93. The van der Waals surface area contributed by atoms with Gasteiger partial charge in [0.2, 0.25) is 0 Å². The highest BCUT2D eigenvalue weighted by molar-refractivity contribution is 6.68. The second-order valence-corrected chi connectivity index (χ2v) is 7.55. The lowest BCUT2D eigenvalue weighted by molar-refractivity contribution is -0.385. The largest absolute Gasteiger partial charge is 0.493 e. The van der Waals surface area contributed by atoms with Crippen molar-refractivity contribution in [2.75, 3.05) is 27.4 Å². The third-order valence-corrected chi connectivity index (χ3v) is 5.09. The Hall–Kier alpha value is -3.64. The van der Waals surface area contributed by atoms with Crippen LogP contribution >= 0.6 is 23.2 Å². The van der Waals surface area contributed by atoms with Gasteiger partial charge in [0.15, 0.2) is 23.0 Å². The van der Waals surface area contributed by atoms with Crippen molar-refractivity contribution >= 4 is 45.1 Å². The fraction of sp³-hybridized carbons (Fsp3) is 0.333. The lowest BCUT2D eigenvalue weighted by Crippen LogP contribution is -2.05. The number of hydrogen-bond acceptors (Lipinski definition) is 10. The minimum Gasteiger partial charge on any atom is -0.493 e. The number of nitrogens with zero attached hydrogens (tertiary/aromatic N) is 2. The highest BCUT2D eigenvalue weighted by Gasteiger charge is 2.25. The topological polar surface area (TPSA) is 157 Å². The fourth-order valence-electron chi connectivity index (χ4n) is 3.01. The molecule has 0 radical (unpaired) electrons. The number of nitro groups is 2. The summed E-state index contributed by atoms with van der Waals surface area (Å²) in [6.45, 7) is 0.367. The van der Waals surface area contributed by atoms with Gasteiger partial charge in [-0.25, -0.2) is 0 Å². The molecule has 0 fully saturated rings. The first-order valence-corrected chi connectivity index (χ1v) is 10.7. The molecule has 188 valence electrons. The lowest BCUT2D eigenvalue weighted by Gasteiger charge is -2.13. The number of carbonyl (C=O) groups excluding carboxylic acids is 2. The summed E-state index contributed by atoms with van der Waals surface area (Å²) in [6.07, 6.45) is 1.69. The van der Waals surface area contributed by atoms with Crippen LogP contribution in [0, 0.1) is 20.2 Å². The Labute approximate surface area is 208 Å². The Bertz CT molecular complexity index is 1050. The zero-order valence-electron chi connectivity index (χ0n) is 18.6. The van der Waals surface area contributed by atoms with Crippen LogP contribution in [-0.2, 0) is 0 Å². The third-order valence-electron chi connectivity index (χ3n) is 4.68. The van der Waals surface area contributed by atoms with E-state index in [0.29, 0.717) is 19.3 Å². The molecule has 12 nitrogen and oxygen atoms in total. The number of unbranched alkanes of at least 4 members (excludes halogenated alkanes) is 2. The van der Waals surface area contributed by atoms with E-state index in [1.54, 1.807) is 0 Å². The van der Waals surface area contributed by atoms with Crippen LogP contribution in [0.15, 0.2) is 24.3 Å². The molecule has 0 heterocycles. The number of nitro benzene ring substituents is 2. The van der Waals surface area contributed by atoms with Crippen molar-refractivity contribution in [1.82, 2.24) is 0 Å². The Kier molecular flexibility index (Phi) is 10.0. The molecule has 0 aromatic heterocycles. The molecule has 0 unspecified atom stereocenters. The van der Waals surface area contributed by atoms with Crippen LogP contribution in [0.2, 0.25) is 0 Å². The predicted molar refractivity (Wildman–Crippen MR) is 125 cm³/mol.